The van der Waals surface area contributed by atoms with Crippen LogP contribution in [0.25, 0.3) is 0 Å². The number of hydrazone groups is 1. The molecule has 0 aliphatic rings. The van der Waals surface area contributed by atoms with Crippen LogP contribution in [0.5, 0.6) is 11.5 Å². The number of ether oxygens (including phenoxy) is 2. The maximum atomic E-state index is 12.8. The molecule has 3 rings (SSSR count). The van der Waals surface area contributed by atoms with Crippen molar-refractivity contribution in [2.75, 3.05) is 7.11 Å². The first-order chi connectivity index (χ1) is 14.9. The maximum absolute atomic E-state index is 12.8. The summed E-state index contributed by atoms with van der Waals surface area (Å²) in [5.41, 5.74) is 2.78. The molecule has 0 aromatic heterocycles. The van der Waals surface area contributed by atoms with Gasteiger partial charge in [0.1, 0.15) is 6.61 Å². The highest BCUT2D eigenvalue weighted by Crippen LogP contribution is 2.30. The summed E-state index contributed by atoms with van der Waals surface area (Å²) >= 11 is 0. The smallest absolute Gasteiger partial charge is 0.416 e. The number of hydrogen-bond donors (Lipinski definition) is 1. The Hall–Kier alpha value is -3.81. The number of nitrogens with one attached hydrogen (secondary N) is 1. The highest BCUT2D eigenvalue weighted by molar-refractivity contribution is 5.95. The van der Waals surface area contributed by atoms with E-state index in [-0.39, 0.29) is 5.56 Å². The molecule has 0 unspecified atom stereocenters. The zero-order chi connectivity index (χ0) is 22.3. The van der Waals surface area contributed by atoms with Gasteiger partial charge in [-0.1, -0.05) is 36.4 Å². The van der Waals surface area contributed by atoms with E-state index in [9.17, 15) is 18.0 Å². The lowest BCUT2D eigenvalue weighted by molar-refractivity contribution is -0.137. The number of methoxy groups -OCH3 is 1. The number of rotatable bonds is 7. The van der Waals surface area contributed by atoms with Crippen molar-refractivity contribution in [2.24, 2.45) is 5.10 Å². The Bertz CT molecular complexity index is 1070. The summed E-state index contributed by atoms with van der Waals surface area (Å²) in [5.74, 6) is 0.262. The van der Waals surface area contributed by atoms with E-state index in [0.29, 0.717) is 23.7 Å². The van der Waals surface area contributed by atoms with Gasteiger partial charge in [0, 0.05) is 5.56 Å². The third-order valence-corrected chi connectivity index (χ3v) is 4.26. The van der Waals surface area contributed by atoms with Crippen LogP contribution in [-0.4, -0.2) is 19.2 Å². The lowest BCUT2D eigenvalue weighted by Crippen LogP contribution is -2.18. The molecule has 0 heterocycles. The van der Waals surface area contributed by atoms with Crippen molar-refractivity contribution in [3.05, 3.63) is 95.1 Å². The minimum absolute atomic E-state index is 0.144. The number of hydrogen-bond acceptors (Lipinski definition) is 4. The molecule has 31 heavy (non-hydrogen) atoms. The van der Waals surface area contributed by atoms with Gasteiger partial charge in [0.2, 0.25) is 0 Å². The number of carbonyl (C=O) groups excluding carboxylic acids is 1. The predicted molar refractivity (Wildman–Crippen MR) is 110 cm³/mol. The molecule has 0 saturated heterocycles. The molecule has 0 bridgehead atoms. The van der Waals surface area contributed by atoms with Crippen LogP contribution in [0.1, 0.15) is 27.0 Å². The van der Waals surface area contributed by atoms with Crippen molar-refractivity contribution in [1.29, 1.82) is 0 Å². The highest BCUT2D eigenvalue weighted by atomic mass is 19.4. The molecule has 0 fully saturated rings. The molecular formula is C23H19F3N2O3. The Labute approximate surface area is 177 Å². The molecular weight excluding hydrogens is 409 g/mol. The van der Waals surface area contributed by atoms with E-state index >= 15 is 0 Å². The van der Waals surface area contributed by atoms with Crippen LogP contribution in [0.3, 0.4) is 0 Å². The average molecular weight is 428 g/mol. The van der Waals surface area contributed by atoms with Crippen molar-refractivity contribution in [3.8, 4) is 11.5 Å². The highest BCUT2D eigenvalue weighted by Gasteiger charge is 2.30. The number of amides is 1. The van der Waals surface area contributed by atoms with Crippen LogP contribution in [0, 0.1) is 0 Å². The van der Waals surface area contributed by atoms with Crippen molar-refractivity contribution in [1.82, 2.24) is 5.43 Å². The Balaban J connectivity index is 1.63. The average Bonchev–Trinajstić information content (AvgIpc) is 2.78. The lowest BCUT2D eigenvalue weighted by Gasteiger charge is -2.11. The second-order valence-corrected chi connectivity index (χ2v) is 6.46. The van der Waals surface area contributed by atoms with Gasteiger partial charge in [0.15, 0.2) is 11.5 Å². The molecule has 0 atom stereocenters. The summed E-state index contributed by atoms with van der Waals surface area (Å²) < 4.78 is 49.4. The van der Waals surface area contributed by atoms with Gasteiger partial charge < -0.3 is 9.47 Å². The van der Waals surface area contributed by atoms with Gasteiger partial charge in [0.25, 0.3) is 5.91 Å². The van der Waals surface area contributed by atoms with Crippen molar-refractivity contribution < 1.29 is 27.4 Å². The monoisotopic (exact) mass is 428 g/mol. The minimum Gasteiger partial charge on any atom is -0.493 e. The SMILES string of the molecule is COc1cc(/C=N\NC(=O)c2cccc(C(F)(F)F)c2)ccc1OCc1ccccc1. The van der Waals surface area contributed by atoms with E-state index in [0.717, 1.165) is 17.7 Å². The first kappa shape index (κ1) is 21.9. The Kier molecular flexibility index (Phi) is 6.92. The number of benzene rings is 3. The van der Waals surface area contributed by atoms with Crippen LogP contribution in [0.2, 0.25) is 0 Å². The van der Waals surface area contributed by atoms with Crippen LogP contribution >= 0.6 is 0 Å². The molecule has 0 spiro atoms. The first-order valence-electron chi connectivity index (χ1n) is 9.22. The Morgan fingerprint density at radius 1 is 1.00 bits per heavy atom. The van der Waals surface area contributed by atoms with Crippen LogP contribution in [-0.2, 0) is 12.8 Å². The van der Waals surface area contributed by atoms with E-state index in [2.05, 4.69) is 10.5 Å². The van der Waals surface area contributed by atoms with Crippen LogP contribution in [0.4, 0.5) is 13.2 Å². The third-order valence-electron chi connectivity index (χ3n) is 4.26. The minimum atomic E-state index is -4.53. The van der Waals surface area contributed by atoms with Crippen LogP contribution in [0.15, 0.2) is 77.9 Å². The van der Waals surface area contributed by atoms with Gasteiger partial charge >= 0.3 is 6.18 Å². The molecule has 1 N–H and O–H groups in total. The van der Waals surface area contributed by atoms with Gasteiger partial charge in [-0.25, -0.2) is 5.43 Å². The predicted octanol–water partition coefficient (Wildman–Crippen LogP) is 5.06. The van der Waals surface area contributed by atoms with Crippen LogP contribution < -0.4 is 14.9 Å². The Morgan fingerprint density at radius 3 is 2.48 bits per heavy atom. The standard InChI is InChI=1S/C23H19F3N2O3/c1-30-21-12-17(10-11-20(21)31-15-16-6-3-2-4-7-16)14-27-28-22(29)18-8-5-9-19(13-18)23(24,25)26/h2-14H,15H2,1H3,(H,28,29)/b27-14-. The summed E-state index contributed by atoms with van der Waals surface area (Å²) in [7, 11) is 1.50. The van der Waals surface area contributed by atoms with Gasteiger partial charge in [-0.05, 0) is 47.5 Å². The van der Waals surface area contributed by atoms with E-state index in [1.54, 1.807) is 18.2 Å². The molecule has 3 aromatic carbocycles. The maximum Gasteiger partial charge on any atom is 0.416 e. The first-order valence-corrected chi connectivity index (χ1v) is 9.22. The van der Waals surface area contributed by atoms with E-state index in [1.807, 2.05) is 30.3 Å². The number of nitrogens with zero attached hydrogens (tertiary/aromatic N) is 1. The number of halogens is 3. The van der Waals surface area contributed by atoms with Gasteiger partial charge in [0.05, 0.1) is 18.9 Å². The quantitative estimate of drug-likeness (QED) is 0.423. The Morgan fingerprint density at radius 2 is 1.77 bits per heavy atom. The molecule has 0 radical (unpaired) electrons. The third kappa shape index (κ3) is 6.08. The van der Waals surface area contributed by atoms with E-state index < -0.39 is 17.6 Å². The second kappa shape index (κ2) is 9.80. The normalized spacial score (nSPS) is 11.4. The number of alkyl halides is 3. The van der Waals surface area contributed by atoms with Crippen molar-refractivity contribution >= 4 is 12.1 Å². The summed E-state index contributed by atoms with van der Waals surface area (Å²) in [5, 5.41) is 3.81. The summed E-state index contributed by atoms with van der Waals surface area (Å²) in [4.78, 5) is 12.1. The fraction of sp³-hybridized carbons (Fsp3) is 0.130. The van der Waals surface area contributed by atoms with Gasteiger partial charge in [-0.15, -0.1) is 0 Å². The molecule has 8 heteroatoms. The summed E-state index contributed by atoms with van der Waals surface area (Å²) in [6.07, 6.45) is -3.17. The van der Waals surface area contributed by atoms with Gasteiger partial charge in [-0.2, -0.15) is 18.3 Å². The second-order valence-electron chi connectivity index (χ2n) is 6.46. The molecule has 1 amide bonds. The topological polar surface area (TPSA) is 59.9 Å². The summed E-state index contributed by atoms with van der Waals surface area (Å²) in [6.45, 7) is 0.373. The van der Waals surface area contributed by atoms with Crippen molar-refractivity contribution in [2.45, 2.75) is 12.8 Å². The molecule has 0 aliphatic carbocycles. The molecule has 5 nitrogen and oxygen atoms in total. The van der Waals surface area contributed by atoms with E-state index in [4.69, 9.17) is 9.47 Å². The van der Waals surface area contributed by atoms with Crippen molar-refractivity contribution in [3.63, 3.8) is 0 Å². The molecule has 0 saturated carbocycles. The fourth-order valence-corrected chi connectivity index (χ4v) is 2.69. The summed E-state index contributed by atoms with van der Waals surface area (Å²) in [6, 6.07) is 18.8. The number of carbonyl (C=O) groups is 1. The zero-order valence-electron chi connectivity index (χ0n) is 16.5. The van der Waals surface area contributed by atoms with Gasteiger partial charge in [-0.3, -0.25) is 4.79 Å². The van der Waals surface area contributed by atoms with E-state index in [1.165, 1.54) is 25.5 Å². The fourth-order valence-electron chi connectivity index (χ4n) is 2.69. The largest absolute Gasteiger partial charge is 0.493 e. The zero-order valence-corrected chi connectivity index (χ0v) is 16.5. The molecule has 0 aliphatic heterocycles. The molecule has 160 valence electrons. The molecule has 3 aromatic rings. The lowest BCUT2D eigenvalue weighted by atomic mass is 10.1.